The number of sulfonamides is 1. The summed E-state index contributed by atoms with van der Waals surface area (Å²) < 4.78 is 36.6. The Kier molecular flexibility index (Phi) is 5.41. The Morgan fingerprint density at radius 1 is 1.41 bits per heavy atom. The van der Waals surface area contributed by atoms with Gasteiger partial charge in [0.2, 0.25) is 15.9 Å². The van der Waals surface area contributed by atoms with E-state index in [0.29, 0.717) is 18.9 Å². The van der Waals surface area contributed by atoms with E-state index in [9.17, 15) is 13.2 Å². The second-order valence-electron chi connectivity index (χ2n) is 4.78. The van der Waals surface area contributed by atoms with Gasteiger partial charge in [0.05, 0.1) is 35.4 Å². The van der Waals surface area contributed by atoms with Crippen LogP contribution in [0.3, 0.4) is 0 Å². The molecular weight excluding hydrogens is 332 g/mol. The summed E-state index contributed by atoms with van der Waals surface area (Å²) in [5.74, 6) is -0.287. The quantitative estimate of drug-likeness (QED) is 0.866. The summed E-state index contributed by atoms with van der Waals surface area (Å²) in [6.45, 7) is 2.34. The Bertz CT molecular complexity index is 658. The maximum absolute atomic E-state index is 12.5. The molecule has 0 spiro atoms. The minimum atomic E-state index is -3.72. The number of hydrogen-bond acceptors (Lipinski definition) is 5. The molecule has 1 N–H and O–H groups in total. The first-order chi connectivity index (χ1) is 10.3. The van der Waals surface area contributed by atoms with Gasteiger partial charge in [-0.3, -0.25) is 4.79 Å². The molecule has 1 amide bonds. The lowest BCUT2D eigenvalue weighted by Gasteiger charge is -2.20. The van der Waals surface area contributed by atoms with Crippen LogP contribution >= 0.6 is 11.6 Å². The highest BCUT2D eigenvalue weighted by Gasteiger charge is 2.27. The predicted octanol–water partition coefficient (Wildman–Crippen LogP) is 1.29. The highest BCUT2D eigenvalue weighted by atomic mass is 35.5. The maximum Gasteiger partial charge on any atom is 0.243 e. The number of benzene rings is 1. The third-order valence-electron chi connectivity index (χ3n) is 3.06. The Morgan fingerprint density at radius 3 is 2.59 bits per heavy atom. The number of anilines is 1. The molecule has 1 aromatic carbocycles. The van der Waals surface area contributed by atoms with Crippen LogP contribution < -0.4 is 5.32 Å². The fourth-order valence-electron chi connectivity index (χ4n) is 1.95. The molecule has 1 aromatic rings. The average molecular weight is 349 g/mol. The molecule has 1 aliphatic heterocycles. The highest BCUT2D eigenvalue weighted by Crippen LogP contribution is 2.26. The lowest BCUT2D eigenvalue weighted by molar-refractivity contribution is -0.114. The van der Waals surface area contributed by atoms with Crippen molar-refractivity contribution in [3.8, 4) is 0 Å². The number of rotatable bonds is 5. The van der Waals surface area contributed by atoms with E-state index in [1.807, 2.05) is 0 Å². The van der Waals surface area contributed by atoms with Gasteiger partial charge in [0, 0.05) is 14.0 Å². The number of ether oxygens (including phenoxy) is 2. The van der Waals surface area contributed by atoms with E-state index in [4.69, 9.17) is 21.1 Å². The van der Waals surface area contributed by atoms with Crippen LogP contribution in [0.15, 0.2) is 23.1 Å². The third-order valence-corrected chi connectivity index (χ3v) is 5.19. The number of nitrogens with zero attached hydrogens (tertiary/aromatic N) is 1. The fraction of sp³-hybridized carbons (Fsp3) is 0.462. The molecule has 7 nitrogen and oxygen atoms in total. The minimum absolute atomic E-state index is 0.0344. The number of nitrogens with one attached hydrogen (secondary N) is 1. The van der Waals surface area contributed by atoms with E-state index in [2.05, 4.69) is 5.32 Å². The van der Waals surface area contributed by atoms with Gasteiger partial charge in [0.25, 0.3) is 0 Å². The van der Waals surface area contributed by atoms with E-state index in [0.717, 1.165) is 4.31 Å². The van der Waals surface area contributed by atoms with E-state index >= 15 is 0 Å². The van der Waals surface area contributed by atoms with Crippen molar-refractivity contribution in [2.24, 2.45) is 0 Å². The number of carbonyl (C=O) groups is 1. The second kappa shape index (κ2) is 6.93. The molecule has 0 aromatic heterocycles. The summed E-state index contributed by atoms with van der Waals surface area (Å²) in [6, 6.07) is 4.14. The summed E-state index contributed by atoms with van der Waals surface area (Å²) in [4.78, 5) is 11.1. The van der Waals surface area contributed by atoms with Crippen LogP contribution in [0, 0.1) is 0 Å². The number of carbonyl (C=O) groups excluding carboxylic acids is 1. The minimum Gasteiger partial charge on any atom is -0.349 e. The van der Waals surface area contributed by atoms with Crippen molar-refractivity contribution >= 4 is 33.2 Å². The first-order valence-electron chi connectivity index (χ1n) is 6.57. The zero-order chi connectivity index (χ0) is 16.3. The summed E-state index contributed by atoms with van der Waals surface area (Å²) in [7, 11) is -2.28. The predicted molar refractivity (Wildman–Crippen MR) is 81.3 cm³/mol. The van der Waals surface area contributed by atoms with Crippen LogP contribution in [-0.2, 0) is 24.3 Å². The molecular formula is C13H17ClN2O5S. The lowest BCUT2D eigenvalue weighted by Crippen LogP contribution is -2.34. The molecule has 0 aliphatic carbocycles. The molecule has 122 valence electrons. The van der Waals surface area contributed by atoms with Crippen molar-refractivity contribution in [3.63, 3.8) is 0 Å². The standard InChI is InChI=1S/C13H17ClN2O5S/c1-9(17)15-12-4-3-10(7-11(12)14)22(18,19)16(2)8-13-20-5-6-21-13/h3-4,7,13H,5-6,8H2,1-2H3,(H,15,17). The monoisotopic (exact) mass is 348 g/mol. The van der Waals surface area contributed by atoms with Crippen molar-refractivity contribution in [1.29, 1.82) is 0 Å². The molecule has 2 rings (SSSR count). The number of halogens is 1. The second-order valence-corrected chi connectivity index (χ2v) is 7.23. The van der Waals surface area contributed by atoms with Gasteiger partial charge >= 0.3 is 0 Å². The Labute approximate surface area is 134 Å². The van der Waals surface area contributed by atoms with Crippen molar-refractivity contribution in [2.75, 3.05) is 32.1 Å². The molecule has 0 bridgehead atoms. The third kappa shape index (κ3) is 3.96. The zero-order valence-corrected chi connectivity index (χ0v) is 13.8. The number of hydrogen-bond donors (Lipinski definition) is 1. The van der Waals surface area contributed by atoms with Crippen LogP contribution in [0.5, 0.6) is 0 Å². The normalized spacial score (nSPS) is 16.2. The first-order valence-corrected chi connectivity index (χ1v) is 8.39. The number of likely N-dealkylation sites (N-methyl/N-ethyl adjacent to an activating group) is 1. The van der Waals surface area contributed by atoms with Gasteiger partial charge in [-0.2, -0.15) is 4.31 Å². The molecule has 1 heterocycles. The molecule has 0 atom stereocenters. The van der Waals surface area contributed by atoms with E-state index in [1.165, 1.54) is 32.2 Å². The molecule has 22 heavy (non-hydrogen) atoms. The van der Waals surface area contributed by atoms with Gasteiger partial charge in [0.1, 0.15) is 0 Å². The Morgan fingerprint density at radius 2 is 2.05 bits per heavy atom. The van der Waals surface area contributed by atoms with E-state index < -0.39 is 16.3 Å². The first kappa shape index (κ1) is 17.2. The number of amides is 1. The van der Waals surface area contributed by atoms with Crippen LogP contribution in [0.4, 0.5) is 5.69 Å². The topological polar surface area (TPSA) is 84.9 Å². The summed E-state index contributed by atoms with van der Waals surface area (Å²) in [6.07, 6.45) is -0.561. The van der Waals surface area contributed by atoms with E-state index in [1.54, 1.807) is 0 Å². The van der Waals surface area contributed by atoms with Gasteiger partial charge in [-0.15, -0.1) is 0 Å². The SMILES string of the molecule is CC(=O)Nc1ccc(S(=O)(=O)N(C)CC2OCCO2)cc1Cl. The van der Waals surface area contributed by atoms with Crippen molar-refractivity contribution in [2.45, 2.75) is 18.1 Å². The molecule has 1 aliphatic rings. The smallest absolute Gasteiger partial charge is 0.243 e. The average Bonchev–Trinajstić information content (AvgIpc) is 2.93. The molecule has 0 saturated carbocycles. The maximum atomic E-state index is 12.5. The van der Waals surface area contributed by atoms with Crippen LogP contribution in [0.25, 0.3) is 0 Å². The fourth-order valence-corrected chi connectivity index (χ4v) is 3.43. The van der Waals surface area contributed by atoms with Crippen molar-refractivity contribution in [1.82, 2.24) is 4.31 Å². The van der Waals surface area contributed by atoms with Crippen LogP contribution in [0.2, 0.25) is 5.02 Å². The molecule has 1 fully saturated rings. The summed E-state index contributed by atoms with van der Waals surface area (Å²) in [5.41, 5.74) is 0.359. The van der Waals surface area contributed by atoms with Gasteiger partial charge < -0.3 is 14.8 Å². The Balaban J connectivity index is 2.17. The largest absolute Gasteiger partial charge is 0.349 e. The summed E-state index contributed by atoms with van der Waals surface area (Å²) in [5, 5.41) is 2.67. The lowest BCUT2D eigenvalue weighted by atomic mass is 10.3. The van der Waals surface area contributed by atoms with Gasteiger partial charge in [0.15, 0.2) is 6.29 Å². The zero-order valence-electron chi connectivity index (χ0n) is 12.2. The molecule has 0 unspecified atom stereocenters. The molecule has 1 saturated heterocycles. The highest BCUT2D eigenvalue weighted by molar-refractivity contribution is 7.89. The molecule has 9 heteroatoms. The van der Waals surface area contributed by atoms with E-state index in [-0.39, 0.29) is 22.4 Å². The van der Waals surface area contributed by atoms with Gasteiger partial charge in [-0.25, -0.2) is 8.42 Å². The van der Waals surface area contributed by atoms with Gasteiger partial charge in [-0.1, -0.05) is 11.6 Å². The van der Waals surface area contributed by atoms with Crippen molar-refractivity contribution < 1.29 is 22.7 Å². The van der Waals surface area contributed by atoms with Crippen molar-refractivity contribution in [3.05, 3.63) is 23.2 Å². The molecule has 0 radical (unpaired) electrons. The Hall–Kier alpha value is -1.19. The van der Waals surface area contributed by atoms with Crippen LogP contribution in [0.1, 0.15) is 6.92 Å². The van der Waals surface area contributed by atoms with Gasteiger partial charge in [-0.05, 0) is 18.2 Å². The van der Waals surface area contributed by atoms with Crippen LogP contribution in [-0.4, -0.2) is 51.7 Å². The summed E-state index contributed by atoms with van der Waals surface area (Å²) >= 11 is 6.01.